The van der Waals surface area contributed by atoms with Crippen LogP contribution in [0.2, 0.25) is 10.0 Å². The first-order valence-corrected chi connectivity index (χ1v) is 10.2. The number of Topliss-reactive ketones (excluding diaryl/α,β-unsaturated/α-hetero) is 1. The normalized spacial score (nSPS) is 11.7. The maximum Gasteiger partial charge on any atom is 0.303 e. The van der Waals surface area contributed by atoms with E-state index in [1.807, 2.05) is 30.3 Å². The van der Waals surface area contributed by atoms with Gasteiger partial charge in [-0.25, -0.2) is 0 Å². The monoisotopic (exact) mass is 442 g/mol. The van der Waals surface area contributed by atoms with Gasteiger partial charge in [-0.1, -0.05) is 71.7 Å². The number of ether oxygens (including phenoxy) is 1. The number of hydrogen-bond acceptors (Lipinski definition) is 3. The molecule has 0 aliphatic heterocycles. The van der Waals surface area contributed by atoms with Crippen molar-refractivity contribution in [2.45, 2.75) is 25.4 Å². The molecule has 1 N–H and O–H groups in total. The largest absolute Gasteiger partial charge is 0.489 e. The van der Waals surface area contributed by atoms with E-state index in [2.05, 4.69) is 0 Å². The van der Waals surface area contributed by atoms with Crippen LogP contribution in [0.15, 0.2) is 72.8 Å². The fourth-order valence-corrected chi connectivity index (χ4v) is 3.43. The molecule has 30 heavy (non-hydrogen) atoms. The van der Waals surface area contributed by atoms with Crippen molar-refractivity contribution in [2.24, 2.45) is 0 Å². The fourth-order valence-electron chi connectivity index (χ4n) is 3.13. The van der Waals surface area contributed by atoms with Gasteiger partial charge in [-0.3, -0.25) is 9.59 Å². The second kappa shape index (κ2) is 10.3. The highest BCUT2D eigenvalue weighted by atomic mass is 35.5. The molecule has 0 bridgehead atoms. The van der Waals surface area contributed by atoms with Crippen molar-refractivity contribution in [3.05, 3.63) is 99.5 Å². The Hall–Kier alpha value is -2.82. The van der Waals surface area contributed by atoms with Gasteiger partial charge in [0.1, 0.15) is 12.4 Å². The maximum absolute atomic E-state index is 13.3. The van der Waals surface area contributed by atoms with E-state index in [1.54, 1.807) is 42.5 Å². The molecule has 0 saturated heterocycles. The number of carbonyl (C=O) groups is 2. The third kappa shape index (κ3) is 5.85. The van der Waals surface area contributed by atoms with Crippen LogP contribution >= 0.6 is 23.2 Å². The topological polar surface area (TPSA) is 63.6 Å². The van der Waals surface area contributed by atoms with Crippen LogP contribution < -0.4 is 4.74 Å². The molecule has 0 aliphatic rings. The van der Waals surface area contributed by atoms with Gasteiger partial charge in [0.2, 0.25) is 0 Å². The Bertz CT molecular complexity index is 1030. The van der Waals surface area contributed by atoms with E-state index in [0.29, 0.717) is 33.5 Å². The van der Waals surface area contributed by atoms with Crippen molar-refractivity contribution in [1.29, 1.82) is 0 Å². The Morgan fingerprint density at radius 2 is 1.67 bits per heavy atom. The molecule has 0 amide bonds. The third-order valence-corrected chi connectivity index (χ3v) is 5.42. The summed E-state index contributed by atoms with van der Waals surface area (Å²) in [6, 6.07) is 21.6. The molecule has 3 aromatic rings. The molecule has 0 fully saturated rings. The number of hydrogen-bond donors (Lipinski definition) is 1. The van der Waals surface area contributed by atoms with Gasteiger partial charge in [0.05, 0.1) is 10.0 Å². The van der Waals surface area contributed by atoms with E-state index in [9.17, 15) is 9.59 Å². The summed E-state index contributed by atoms with van der Waals surface area (Å²) in [7, 11) is 0. The molecule has 0 aliphatic carbocycles. The molecule has 3 rings (SSSR count). The Labute approximate surface area is 185 Å². The SMILES string of the molecule is O=C(O)CC[C@H](C(=O)c1cccc(OCc2ccccc2)c1)c1ccc(Cl)c(Cl)c1. The average molecular weight is 443 g/mol. The molecule has 1 atom stereocenters. The molecule has 0 radical (unpaired) electrons. The molecular formula is C24H20Cl2O4. The smallest absolute Gasteiger partial charge is 0.303 e. The van der Waals surface area contributed by atoms with E-state index in [-0.39, 0.29) is 18.6 Å². The van der Waals surface area contributed by atoms with Gasteiger partial charge in [-0.2, -0.15) is 0 Å². The van der Waals surface area contributed by atoms with Crippen molar-refractivity contribution in [2.75, 3.05) is 0 Å². The summed E-state index contributed by atoms with van der Waals surface area (Å²) in [6.45, 7) is 0.383. The van der Waals surface area contributed by atoms with Crippen molar-refractivity contribution >= 4 is 35.0 Å². The van der Waals surface area contributed by atoms with Gasteiger partial charge in [-0.15, -0.1) is 0 Å². The second-order valence-corrected chi connectivity index (χ2v) is 7.64. The molecule has 6 heteroatoms. The van der Waals surface area contributed by atoms with Gasteiger partial charge >= 0.3 is 5.97 Å². The first-order chi connectivity index (χ1) is 14.4. The lowest BCUT2D eigenvalue weighted by atomic mass is 9.87. The first kappa shape index (κ1) is 21.9. The molecule has 0 saturated carbocycles. The lowest BCUT2D eigenvalue weighted by molar-refractivity contribution is -0.137. The number of ketones is 1. The summed E-state index contributed by atoms with van der Waals surface area (Å²) in [6.07, 6.45) is 0.0160. The minimum atomic E-state index is -0.965. The number of carboxylic acids is 1. The zero-order valence-electron chi connectivity index (χ0n) is 16.1. The van der Waals surface area contributed by atoms with E-state index in [4.69, 9.17) is 33.0 Å². The molecule has 0 spiro atoms. The van der Waals surface area contributed by atoms with Crippen LogP contribution in [-0.4, -0.2) is 16.9 Å². The van der Waals surface area contributed by atoms with E-state index >= 15 is 0 Å². The standard InChI is InChI=1S/C24H20Cl2O4/c25-21-11-9-17(14-22(21)26)20(10-12-23(27)28)24(29)18-7-4-8-19(13-18)30-15-16-5-2-1-3-6-16/h1-9,11,13-14,20H,10,12,15H2,(H,27,28)/t20-/m0/s1. The van der Waals surface area contributed by atoms with Gasteiger partial charge < -0.3 is 9.84 Å². The zero-order valence-corrected chi connectivity index (χ0v) is 17.6. The van der Waals surface area contributed by atoms with Crippen LogP contribution in [0.3, 0.4) is 0 Å². The third-order valence-electron chi connectivity index (χ3n) is 4.68. The van der Waals surface area contributed by atoms with Crippen LogP contribution in [0.4, 0.5) is 0 Å². The molecule has 3 aromatic carbocycles. The van der Waals surface area contributed by atoms with Gasteiger partial charge in [0.15, 0.2) is 5.78 Å². The average Bonchev–Trinajstić information content (AvgIpc) is 2.75. The van der Waals surface area contributed by atoms with Crippen molar-refractivity contribution < 1.29 is 19.4 Å². The minimum Gasteiger partial charge on any atom is -0.489 e. The van der Waals surface area contributed by atoms with Gasteiger partial charge in [0, 0.05) is 17.9 Å². The minimum absolute atomic E-state index is 0.138. The Morgan fingerprint density at radius 3 is 2.37 bits per heavy atom. The van der Waals surface area contributed by atoms with Gasteiger partial charge in [0.25, 0.3) is 0 Å². The molecule has 0 unspecified atom stereocenters. The van der Waals surface area contributed by atoms with Crippen LogP contribution in [0, 0.1) is 0 Å². The number of rotatable bonds is 9. The molecule has 0 aromatic heterocycles. The van der Waals surface area contributed by atoms with Crippen molar-refractivity contribution in [3.63, 3.8) is 0 Å². The predicted octanol–water partition coefficient (Wildman–Crippen LogP) is 6.40. The number of carboxylic acid groups (broad SMARTS) is 1. The Balaban J connectivity index is 1.82. The molecule has 0 heterocycles. The van der Waals surface area contributed by atoms with Crippen LogP contribution in [0.1, 0.15) is 40.2 Å². The molecular weight excluding hydrogens is 423 g/mol. The van der Waals surface area contributed by atoms with Gasteiger partial charge in [-0.05, 0) is 41.8 Å². The predicted molar refractivity (Wildman–Crippen MR) is 118 cm³/mol. The maximum atomic E-state index is 13.3. The zero-order chi connectivity index (χ0) is 21.5. The van der Waals surface area contributed by atoms with Crippen molar-refractivity contribution in [3.8, 4) is 5.75 Å². The highest BCUT2D eigenvalue weighted by molar-refractivity contribution is 6.42. The highest BCUT2D eigenvalue weighted by Gasteiger charge is 2.24. The van der Waals surface area contributed by atoms with Crippen LogP contribution in [0.5, 0.6) is 5.75 Å². The number of aliphatic carboxylic acids is 1. The summed E-state index contributed by atoms with van der Waals surface area (Å²) >= 11 is 12.1. The quantitative estimate of drug-likeness (QED) is 0.389. The van der Waals surface area contributed by atoms with Crippen molar-refractivity contribution in [1.82, 2.24) is 0 Å². The Morgan fingerprint density at radius 1 is 0.900 bits per heavy atom. The fraction of sp³-hybridized carbons (Fsp3) is 0.167. The van der Waals surface area contributed by atoms with E-state index < -0.39 is 11.9 Å². The summed E-state index contributed by atoms with van der Waals surface area (Å²) in [5.41, 5.74) is 2.10. The summed E-state index contributed by atoms with van der Waals surface area (Å²) in [5.74, 6) is -1.25. The summed E-state index contributed by atoms with van der Waals surface area (Å²) < 4.78 is 5.82. The van der Waals surface area contributed by atoms with Crippen LogP contribution in [0.25, 0.3) is 0 Å². The summed E-state index contributed by atoms with van der Waals surface area (Å²) in [4.78, 5) is 24.4. The molecule has 4 nitrogen and oxygen atoms in total. The lowest BCUT2D eigenvalue weighted by Crippen LogP contribution is -2.15. The van der Waals surface area contributed by atoms with E-state index in [0.717, 1.165) is 5.56 Å². The highest BCUT2D eigenvalue weighted by Crippen LogP contribution is 2.32. The second-order valence-electron chi connectivity index (χ2n) is 6.82. The van der Waals surface area contributed by atoms with Crippen LogP contribution in [-0.2, 0) is 11.4 Å². The molecule has 154 valence electrons. The number of carbonyl (C=O) groups excluding carboxylic acids is 1. The number of benzene rings is 3. The summed E-state index contributed by atoms with van der Waals surface area (Å²) in [5, 5.41) is 9.80. The number of halogens is 2. The first-order valence-electron chi connectivity index (χ1n) is 9.42. The van der Waals surface area contributed by atoms with E-state index in [1.165, 1.54) is 0 Å². The lowest BCUT2D eigenvalue weighted by Gasteiger charge is -2.17. The Kier molecular flexibility index (Phi) is 7.50.